The fraction of sp³-hybridized carbons (Fsp3) is 0.278. The summed E-state index contributed by atoms with van der Waals surface area (Å²) in [6.45, 7) is 6.13. The van der Waals surface area contributed by atoms with Gasteiger partial charge in [-0.2, -0.15) is 0 Å². The molecule has 7 nitrogen and oxygen atoms in total. The van der Waals surface area contributed by atoms with Gasteiger partial charge in [0.15, 0.2) is 0 Å². The molecule has 0 radical (unpaired) electrons. The lowest BCUT2D eigenvalue weighted by molar-refractivity contribution is 0.571. The van der Waals surface area contributed by atoms with Gasteiger partial charge in [-0.05, 0) is 24.3 Å². The maximum absolute atomic E-state index is 12.4. The number of aryl methyl sites for hydroxylation is 1. The first-order valence-electron chi connectivity index (χ1n) is 7.97. The van der Waals surface area contributed by atoms with Gasteiger partial charge in [0.2, 0.25) is 0 Å². The third kappa shape index (κ3) is 3.40. The number of hydrogen-bond donors (Lipinski definition) is 3. The fourth-order valence-corrected chi connectivity index (χ4v) is 2.62. The van der Waals surface area contributed by atoms with E-state index < -0.39 is 0 Å². The van der Waals surface area contributed by atoms with Gasteiger partial charge in [0.1, 0.15) is 10.7 Å². The van der Waals surface area contributed by atoms with Crippen molar-refractivity contribution < 1.29 is 0 Å². The molecule has 0 aliphatic carbocycles. The smallest absolute Gasteiger partial charge is 0.272 e. The summed E-state index contributed by atoms with van der Waals surface area (Å²) in [5.41, 5.74) is 1.46. The van der Waals surface area contributed by atoms with E-state index in [1.807, 2.05) is 50.7 Å². The highest BCUT2D eigenvalue weighted by Gasteiger charge is 2.19. The maximum Gasteiger partial charge on any atom is 0.272 e. The normalized spacial score (nSPS) is 13.6. The van der Waals surface area contributed by atoms with Crippen LogP contribution in [0.1, 0.15) is 37.9 Å². The van der Waals surface area contributed by atoms with E-state index in [1.165, 1.54) is 0 Å². The highest BCUT2D eigenvalue weighted by molar-refractivity contribution is 5.48. The molecule has 7 heteroatoms. The lowest BCUT2D eigenvalue weighted by Gasteiger charge is -2.16. The van der Waals surface area contributed by atoms with E-state index in [9.17, 15) is 9.59 Å². The maximum atomic E-state index is 12.4. The first kappa shape index (κ1) is 16.8. The Labute approximate surface area is 143 Å². The molecule has 0 atom stereocenters. The van der Waals surface area contributed by atoms with Crippen LogP contribution in [-0.2, 0) is 12.5 Å². The fourth-order valence-electron chi connectivity index (χ4n) is 2.62. The molecule has 0 saturated heterocycles. The minimum atomic E-state index is -0.372. The summed E-state index contributed by atoms with van der Waals surface area (Å²) in [7, 11) is 1.87. The summed E-state index contributed by atoms with van der Waals surface area (Å²) in [5.74, 6) is 0. The molecule has 0 unspecified atom stereocenters. The number of H-pyrrole nitrogens is 3. The standard InChI is InChI=1S/C18H21N5O2/c1-18(2,3)15-12(19-10-20-15)9-14-17(25)21-13(16(24)22-14)8-11-6-5-7-23(11)4/h5-10H,1-4H3,(H,19,20)(H,21,25)(H,22,24)/b13-8+,14-9+. The van der Waals surface area contributed by atoms with Crippen molar-refractivity contribution in [3.63, 3.8) is 0 Å². The van der Waals surface area contributed by atoms with Crippen LogP contribution in [0.15, 0.2) is 34.2 Å². The van der Waals surface area contributed by atoms with Crippen LogP contribution in [0.3, 0.4) is 0 Å². The Bertz CT molecular complexity index is 1140. The predicted octanol–water partition coefficient (Wildman–Crippen LogP) is 0.0799. The molecule has 130 valence electrons. The Balaban J connectivity index is 2.16. The van der Waals surface area contributed by atoms with Crippen molar-refractivity contribution in [1.82, 2.24) is 24.5 Å². The molecule has 3 rings (SSSR count). The summed E-state index contributed by atoms with van der Waals surface area (Å²) < 4.78 is 1.86. The molecule has 3 N–H and O–H groups in total. The zero-order valence-electron chi connectivity index (χ0n) is 14.7. The monoisotopic (exact) mass is 339 g/mol. The van der Waals surface area contributed by atoms with Gasteiger partial charge in [-0.25, -0.2) is 4.98 Å². The Kier molecular flexibility index (Phi) is 4.08. The van der Waals surface area contributed by atoms with E-state index in [0.717, 1.165) is 11.4 Å². The van der Waals surface area contributed by atoms with Gasteiger partial charge in [0.05, 0.1) is 12.0 Å². The van der Waals surface area contributed by atoms with Crippen LogP contribution in [0.2, 0.25) is 0 Å². The predicted molar refractivity (Wildman–Crippen MR) is 96.8 cm³/mol. The number of hydrogen-bond acceptors (Lipinski definition) is 3. The van der Waals surface area contributed by atoms with E-state index >= 15 is 0 Å². The van der Waals surface area contributed by atoms with Crippen molar-refractivity contribution in [3.8, 4) is 0 Å². The lowest BCUT2D eigenvalue weighted by atomic mass is 9.90. The molecule has 0 bridgehead atoms. The second-order valence-corrected chi connectivity index (χ2v) is 6.98. The van der Waals surface area contributed by atoms with Crippen molar-refractivity contribution in [2.75, 3.05) is 0 Å². The van der Waals surface area contributed by atoms with Gasteiger partial charge in [0.25, 0.3) is 11.1 Å². The van der Waals surface area contributed by atoms with E-state index in [2.05, 4.69) is 19.9 Å². The van der Waals surface area contributed by atoms with Crippen LogP contribution in [0.5, 0.6) is 0 Å². The zero-order chi connectivity index (χ0) is 18.2. The molecule has 3 aromatic heterocycles. The summed E-state index contributed by atoms with van der Waals surface area (Å²) in [6, 6.07) is 3.73. The van der Waals surface area contributed by atoms with Gasteiger partial charge in [-0.15, -0.1) is 0 Å². The number of imidazole rings is 1. The number of aromatic amines is 3. The first-order chi connectivity index (χ1) is 11.8. The molecular weight excluding hydrogens is 318 g/mol. The molecule has 0 aliphatic heterocycles. The molecule has 3 heterocycles. The summed E-state index contributed by atoms with van der Waals surface area (Å²) >= 11 is 0. The number of aromatic nitrogens is 5. The van der Waals surface area contributed by atoms with Gasteiger partial charge < -0.3 is 19.5 Å². The summed E-state index contributed by atoms with van der Waals surface area (Å²) in [4.78, 5) is 37.3. The van der Waals surface area contributed by atoms with Crippen molar-refractivity contribution in [1.29, 1.82) is 0 Å². The average Bonchev–Trinajstić information content (AvgIpc) is 3.13. The number of nitrogens with one attached hydrogen (secondary N) is 3. The Morgan fingerprint density at radius 1 is 1.08 bits per heavy atom. The van der Waals surface area contributed by atoms with Crippen molar-refractivity contribution in [3.05, 3.63) is 73.1 Å². The topological polar surface area (TPSA) is 99.3 Å². The first-order valence-corrected chi connectivity index (χ1v) is 7.97. The van der Waals surface area contributed by atoms with Crippen LogP contribution in [-0.4, -0.2) is 24.5 Å². The van der Waals surface area contributed by atoms with Crippen LogP contribution in [0, 0.1) is 0 Å². The molecule has 25 heavy (non-hydrogen) atoms. The molecule has 0 fully saturated rings. The summed E-state index contributed by atoms with van der Waals surface area (Å²) in [5, 5.41) is 0.383. The second kappa shape index (κ2) is 6.08. The van der Waals surface area contributed by atoms with Gasteiger partial charge in [-0.1, -0.05) is 20.8 Å². The van der Waals surface area contributed by atoms with Gasteiger partial charge >= 0.3 is 0 Å². The van der Waals surface area contributed by atoms with Crippen LogP contribution >= 0.6 is 0 Å². The number of rotatable bonds is 2. The van der Waals surface area contributed by atoms with E-state index in [-0.39, 0.29) is 27.2 Å². The van der Waals surface area contributed by atoms with E-state index in [1.54, 1.807) is 18.5 Å². The summed E-state index contributed by atoms with van der Waals surface area (Å²) in [6.07, 6.45) is 6.67. The minimum absolute atomic E-state index is 0.157. The Hall–Kier alpha value is -3.09. The molecule has 3 aromatic rings. The molecule has 0 aliphatic rings. The van der Waals surface area contributed by atoms with E-state index in [0.29, 0.717) is 5.69 Å². The van der Waals surface area contributed by atoms with Gasteiger partial charge in [0, 0.05) is 30.0 Å². The third-order valence-corrected chi connectivity index (χ3v) is 3.96. The second-order valence-electron chi connectivity index (χ2n) is 6.98. The molecular formula is C18H21N5O2. The van der Waals surface area contributed by atoms with E-state index in [4.69, 9.17) is 0 Å². The highest BCUT2D eigenvalue weighted by Crippen LogP contribution is 2.22. The largest absolute Gasteiger partial charge is 0.351 e. The Morgan fingerprint density at radius 2 is 1.72 bits per heavy atom. The molecule has 0 spiro atoms. The SMILES string of the molecule is Cn1cccc1/C=c1/[nH]c(=O)/c(=C\c2nc[nH]c2C(C)(C)C)[nH]c1=O. The van der Waals surface area contributed by atoms with Gasteiger partial charge in [-0.3, -0.25) is 9.59 Å². The van der Waals surface area contributed by atoms with Crippen LogP contribution < -0.4 is 21.8 Å². The molecule has 0 aromatic carbocycles. The lowest BCUT2D eigenvalue weighted by Crippen LogP contribution is -2.46. The quantitative estimate of drug-likeness (QED) is 0.616. The third-order valence-electron chi connectivity index (χ3n) is 3.96. The molecule has 0 saturated carbocycles. The number of nitrogens with zero attached hydrogens (tertiary/aromatic N) is 2. The van der Waals surface area contributed by atoms with Crippen LogP contribution in [0.4, 0.5) is 0 Å². The zero-order valence-corrected chi connectivity index (χ0v) is 14.7. The highest BCUT2D eigenvalue weighted by atomic mass is 16.1. The average molecular weight is 339 g/mol. The van der Waals surface area contributed by atoms with Crippen molar-refractivity contribution in [2.45, 2.75) is 26.2 Å². The Morgan fingerprint density at radius 3 is 2.28 bits per heavy atom. The molecule has 0 amide bonds. The minimum Gasteiger partial charge on any atom is -0.351 e. The van der Waals surface area contributed by atoms with Crippen LogP contribution in [0.25, 0.3) is 12.2 Å². The van der Waals surface area contributed by atoms with Crippen molar-refractivity contribution >= 4 is 12.2 Å². The van der Waals surface area contributed by atoms with Crippen molar-refractivity contribution in [2.24, 2.45) is 7.05 Å².